The van der Waals surface area contributed by atoms with Gasteiger partial charge in [0.05, 0.1) is 12.4 Å². The average molecular weight is 149 g/mol. The normalized spacial score (nSPS) is 9.11. The van der Waals surface area contributed by atoms with E-state index in [-0.39, 0.29) is 11.7 Å². The van der Waals surface area contributed by atoms with Gasteiger partial charge in [0.1, 0.15) is 0 Å². The fourth-order valence-corrected chi connectivity index (χ4v) is 0.460. The number of ether oxygens (including phenoxy) is 1. The molecule has 54 valence electrons. The van der Waals surface area contributed by atoms with Crippen LogP contribution in [0.25, 0.3) is 0 Å². The van der Waals surface area contributed by atoms with Gasteiger partial charge in [0.25, 0.3) is 0 Å². The fourth-order valence-electron chi connectivity index (χ4n) is 0.348. The summed E-state index contributed by atoms with van der Waals surface area (Å²) in [5, 5.41) is 2.59. The van der Waals surface area contributed by atoms with Crippen molar-refractivity contribution in [3.63, 3.8) is 0 Å². The molecule has 0 atom stereocenters. The summed E-state index contributed by atoms with van der Waals surface area (Å²) < 4.78 is 4.70. The third kappa shape index (κ3) is 5.65. The van der Waals surface area contributed by atoms with E-state index in [0.29, 0.717) is 13.2 Å². The predicted octanol–water partition coefficient (Wildman–Crippen LogP) is -0.321. The number of carbonyl (C=O) groups excluding carboxylic acids is 1. The van der Waals surface area contributed by atoms with E-state index in [4.69, 9.17) is 4.74 Å². The number of carbonyl (C=O) groups is 1. The van der Waals surface area contributed by atoms with Crippen molar-refractivity contribution in [2.75, 3.05) is 26.0 Å². The molecule has 0 aliphatic heterocycles. The number of nitrogens with one attached hydrogen (secondary N) is 1. The molecule has 0 aromatic rings. The summed E-state index contributed by atoms with van der Waals surface area (Å²) in [4.78, 5) is 10.4. The Balaban J connectivity index is 2.97. The summed E-state index contributed by atoms with van der Waals surface area (Å²) in [5.74, 6) is 0.180. The molecular formula is C5H11NO2S. The fraction of sp³-hybridized carbons (Fsp3) is 0.800. The van der Waals surface area contributed by atoms with Crippen molar-refractivity contribution in [2.24, 2.45) is 0 Å². The van der Waals surface area contributed by atoms with Gasteiger partial charge in [-0.3, -0.25) is 4.79 Å². The van der Waals surface area contributed by atoms with Crippen molar-refractivity contribution in [1.29, 1.82) is 0 Å². The van der Waals surface area contributed by atoms with Crippen LogP contribution in [0.5, 0.6) is 0 Å². The third-order valence-electron chi connectivity index (χ3n) is 0.772. The molecule has 0 aromatic heterocycles. The molecule has 0 unspecified atom stereocenters. The molecule has 1 N–H and O–H groups in total. The van der Waals surface area contributed by atoms with Gasteiger partial charge in [-0.2, -0.15) is 12.6 Å². The monoisotopic (exact) mass is 149 g/mol. The molecule has 0 saturated heterocycles. The second-order valence-corrected chi connectivity index (χ2v) is 1.82. The molecule has 1 amide bonds. The maximum atomic E-state index is 10.4. The van der Waals surface area contributed by atoms with E-state index in [2.05, 4.69) is 17.9 Å². The lowest BCUT2D eigenvalue weighted by molar-refractivity contribution is -0.118. The second-order valence-electron chi connectivity index (χ2n) is 1.50. The highest BCUT2D eigenvalue weighted by molar-refractivity contribution is 7.81. The van der Waals surface area contributed by atoms with E-state index < -0.39 is 0 Å². The van der Waals surface area contributed by atoms with E-state index in [1.165, 1.54) is 0 Å². The predicted molar refractivity (Wildman–Crippen MR) is 38.7 cm³/mol. The standard InChI is InChI=1S/C5H11NO2S/c1-8-3-2-6-5(7)4-9/h9H,2-4H2,1H3,(H,6,7). The number of rotatable bonds is 4. The maximum Gasteiger partial charge on any atom is 0.229 e. The first kappa shape index (κ1) is 8.78. The Morgan fingerprint density at radius 2 is 2.44 bits per heavy atom. The lowest BCUT2D eigenvalue weighted by Gasteiger charge is -1.99. The van der Waals surface area contributed by atoms with Crippen molar-refractivity contribution >= 4 is 18.5 Å². The van der Waals surface area contributed by atoms with Gasteiger partial charge in [0, 0.05) is 13.7 Å². The Bertz CT molecular complexity index is 87.0. The first-order valence-corrected chi connectivity index (χ1v) is 3.31. The minimum absolute atomic E-state index is 0.0598. The molecule has 4 heteroatoms. The highest BCUT2D eigenvalue weighted by Gasteiger charge is 1.92. The van der Waals surface area contributed by atoms with E-state index in [9.17, 15) is 4.79 Å². The van der Waals surface area contributed by atoms with Crippen molar-refractivity contribution in [1.82, 2.24) is 5.32 Å². The SMILES string of the molecule is COCCNC(=O)CS. The topological polar surface area (TPSA) is 38.3 Å². The minimum Gasteiger partial charge on any atom is -0.383 e. The molecule has 0 aromatic carbocycles. The van der Waals surface area contributed by atoms with E-state index in [1.807, 2.05) is 0 Å². The van der Waals surface area contributed by atoms with E-state index in [0.717, 1.165) is 0 Å². The first-order chi connectivity index (χ1) is 4.31. The van der Waals surface area contributed by atoms with Gasteiger partial charge in [-0.25, -0.2) is 0 Å². The molecule has 0 radical (unpaired) electrons. The van der Waals surface area contributed by atoms with Crippen LogP contribution in [0.2, 0.25) is 0 Å². The van der Waals surface area contributed by atoms with Crippen LogP contribution in [-0.4, -0.2) is 31.9 Å². The van der Waals surface area contributed by atoms with Gasteiger partial charge >= 0.3 is 0 Å². The van der Waals surface area contributed by atoms with Gasteiger partial charge < -0.3 is 10.1 Å². The van der Waals surface area contributed by atoms with Crippen LogP contribution in [0.4, 0.5) is 0 Å². The van der Waals surface area contributed by atoms with Crippen molar-refractivity contribution in [2.45, 2.75) is 0 Å². The molecule has 0 rings (SSSR count). The van der Waals surface area contributed by atoms with Gasteiger partial charge in [-0.15, -0.1) is 0 Å². The van der Waals surface area contributed by atoms with Gasteiger partial charge in [-0.1, -0.05) is 0 Å². The van der Waals surface area contributed by atoms with Gasteiger partial charge in [-0.05, 0) is 0 Å². The summed E-state index contributed by atoms with van der Waals surface area (Å²) >= 11 is 3.76. The second kappa shape index (κ2) is 5.91. The summed E-state index contributed by atoms with van der Waals surface area (Å²) in [7, 11) is 1.59. The highest BCUT2D eigenvalue weighted by atomic mass is 32.1. The van der Waals surface area contributed by atoms with E-state index in [1.54, 1.807) is 7.11 Å². The lowest BCUT2D eigenvalue weighted by atomic mass is 10.6. The smallest absolute Gasteiger partial charge is 0.229 e. The first-order valence-electron chi connectivity index (χ1n) is 2.67. The largest absolute Gasteiger partial charge is 0.383 e. The van der Waals surface area contributed by atoms with Crippen LogP contribution < -0.4 is 5.32 Å². The molecule has 3 nitrogen and oxygen atoms in total. The summed E-state index contributed by atoms with van der Waals surface area (Å²) in [6.07, 6.45) is 0. The van der Waals surface area contributed by atoms with Crippen LogP contribution in [0.1, 0.15) is 0 Å². The number of hydrogen-bond acceptors (Lipinski definition) is 3. The summed E-state index contributed by atoms with van der Waals surface area (Å²) in [5.41, 5.74) is 0. The van der Waals surface area contributed by atoms with Crippen LogP contribution in [-0.2, 0) is 9.53 Å². The van der Waals surface area contributed by atoms with E-state index >= 15 is 0 Å². The molecule has 0 aliphatic rings. The quantitative estimate of drug-likeness (QED) is 0.424. The lowest BCUT2D eigenvalue weighted by Crippen LogP contribution is -2.27. The summed E-state index contributed by atoms with van der Waals surface area (Å²) in [6, 6.07) is 0. The number of hydrogen-bond donors (Lipinski definition) is 2. The van der Waals surface area contributed by atoms with Crippen LogP contribution in [0.15, 0.2) is 0 Å². The van der Waals surface area contributed by atoms with Crippen molar-refractivity contribution < 1.29 is 9.53 Å². The zero-order chi connectivity index (χ0) is 7.11. The van der Waals surface area contributed by atoms with Crippen LogP contribution in [0, 0.1) is 0 Å². The third-order valence-corrected chi connectivity index (χ3v) is 1.06. The Kier molecular flexibility index (Phi) is 5.76. The molecule has 0 heterocycles. The van der Waals surface area contributed by atoms with Crippen LogP contribution in [0.3, 0.4) is 0 Å². The molecule has 9 heavy (non-hydrogen) atoms. The number of methoxy groups -OCH3 is 1. The number of amides is 1. The zero-order valence-corrected chi connectivity index (χ0v) is 6.28. The average Bonchev–Trinajstić information content (AvgIpc) is 1.89. The highest BCUT2D eigenvalue weighted by Crippen LogP contribution is 1.72. The van der Waals surface area contributed by atoms with Crippen molar-refractivity contribution in [3.05, 3.63) is 0 Å². The summed E-state index contributed by atoms with van der Waals surface area (Å²) in [6.45, 7) is 1.12. The molecular weight excluding hydrogens is 138 g/mol. The molecule has 0 fully saturated rings. The number of thiol groups is 1. The van der Waals surface area contributed by atoms with Gasteiger partial charge in [0.15, 0.2) is 0 Å². The van der Waals surface area contributed by atoms with Crippen molar-refractivity contribution in [3.8, 4) is 0 Å². The minimum atomic E-state index is -0.0598. The molecule has 0 spiro atoms. The van der Waals surface area contributed by atoms with Gasteiger partial charge in [0.2, 0.25) is 5.91 Å². The molecule has 0 aliphatic carbocycles. The Morgan fingerprint density at radius 1 is 1.78 bits per heavy atom. The molecule has 0 bridgehead atoms. The zero-order valence-electron chi connectivity index (χ0n) is 5.39. The van der Waals surface area contributed by atoms with Crippen LogP contribution >= 0.6 is 12.6 Å². The maximum absolute atomic E-state index is 10.4. The Hall–Kier alpha value is -0.220. The Morgan fingerprint density at radius 3 is 2.89 bits per heavy atom. The molecule has 0 saturated carbocycles. The Labute approximate surface area is 60.2 Å².